The summed E-state index contributed by atoms with van der Waals surface area (Å²) in [5.41, 5.74) is 0. The average Bonchev–Trinajstić information content (AvgIpc) is 3.30. The number of hydrogen-bond donors (Lipinski definition) is 1. The predicted molar refractivity (Wildman–Crippen MR) is 293 cm³/mol. The van der Waals surface area contributed by atoms with Crippen molar-refractivity contribution in [2.75, 3.05) is 54.1 Å². The number of phosphoric ester groups is 1. The number of likely N-dealkylation sites (N-methyl/N-ethyl adjacent to an activating group) is 1. The van der Waals surface area contributed by atoms with Gasteiger partial charge in [-0.2, -0.15) is 0 Å². The van der Waals surface area contributed by atoms with Crippen LogP contribution in [-0.2, 0) is 27.9 Å². The molecular formula is C59H115NO7P+. The van der Waals surface area contributed by atoms with Gasteiger partial charge in [-0.05, 0) is 51.4 Å². The van der Waals surface area contributed by atoms with Gasteiger partial charge in [-0.3, -0.25) is 13.8 Å². The van der Waals surface area contributed by atoms with Gasteiger partial charge < -0.3 is 18.9 Å². The van der Waals surface area contributed by atoms with E-state index in [2.05, 4.69) is 50.3 Å². The smallest absolute Gasteiger partial charge is 0.457 e. The van der Waals surface area contributed by atoms with Crippen LogP contribution in [0.2, 0.25) is 0 Å². The summed E-state index contributed by atoms with van der Waals surface area (Å²) in [6.45, 7) is 5.67. The third-order valence-electron chi connectivity index (χ3n) is 13.0. The lowest BCUT2D eigenvalue weighted by atomic mass is 10.0. The van der Waals surface area contributed by atoms with Crippen molar-refractivity contribution >= 4 is 13.8 Å². The van der Waals surface area contributed by atoms with Gasteiger partial charge in [-0.15, -0.1) is 0 Å². The number of quaternary nitrogens is 1. The Balaban J connectivity index is 4.06. The third-order valence-corrected chi connectivity index (χ3v) is 13.9. The van der Waals surface area contributed by atoms with Gasteiger partial charge in [-0.1, -0.05) is 256 Å². The Morgan fingerprint density at radius 3 is 1.21 bits per heavy atom. The molecule has 2 atom stereocenters. The lowest BCUT2D eigenvalue weighted by Gasteiger charge is -2.24. The van der Waals surface area contributed by atoms with E-state index in [4.69, 9.17) is 18.5 Å². The molecule has 1 N–H and O–H groups in total. The van der Waals surface area contributed by atoms with E-state index < -0.39 is 13.9 Å². The molecule has 0 spiro atoms. The zero-order valence-corrected chi connectivity index (χ0v) is 46.8. The van der Waals surface area contributed by atoms with Crippen LogP contribution in [-0.4, -0.2) is 75.6 Å². The number of esters is 1. The molecule has 0 radical (unpaired) electrons. The normalized spacial score (nSPS) is 13.7. The van der Waals surface area contributed by atoms with Crippen molar-refractivity contribution < 1.29 is 37.3 Å². The molecule has 0 amide bonds. The van der Waals surface area contributed by atoms with E-state index in [1.165, 1.54) is 212 Å². The minimum absolute atomic E-state index is 0.0894. The van der Waals surface area contributed by atoms with Crippen molar-refractivity contribution in [3.63, 3.8) is 0 Å². The first-order valence-corrected chi connectivity index (χ1v) is 30.7. The average molecular weight is 982 g/mol. The summed E-state index contributed by atoms with van der Waals surface area (Å²) < 4.78 is 35.3. The van der Waals surface area contributed by atoms with Crippen molar-refractivity contribution in [3.05, 3.63) is 36.5 Å². The number of nitrogens with zero attached hydrogens (tertiary/aromatic N) is 1. The van der Waals surface area contributed by atoms with Gasteiger partial charge in [0, 0.05) is 13.0 Å². The summed E-state index contributed by atoms with van der Waals surface area (Å²) in [5.74, 6) is -0.312. The van der Waals surface area contributed by atoms with Crippen molar-refractivity contribution in [1.82, 2.24) is 0 Å². The second-order valence-electron chi connectivity index (χ2n) is 21.0. The Bertz CT molecular complexity index is 1180. The number of rotatable bonds is 55. The minimum atomic E-state index is -4.28. The molecule has 0 aromatic heterocycles. The molecule has 402 valence electrons. The highest BCUT2D eigenvalue weighted by Crippen LogP contribution is 2.43. The Hall–Kier alpha value is -1.28. The number of unbranched alkanes of at least 4 members (excludes halogenated alkanes) is 35. The number of ether oxygens (including phenoxy) is 2. The van der Waals surface area contributed by atoms with Gasteiger partial charge in [0.1, 0.15) is 19.3 Å². The largest absolute Gasteiger partial charge is 0.472 e. The molecular weight excluding hydrogens is 866 g/mol. The van der Waals surface area contributed by atoms with Crippen LogP contribution in [0.15, 0.2) is 36.5 Å². The van der Waals surface area contributed by atoms with E-state index in [9.17, 15) is 14.3 Å². The summed E-state index contributed by atoms with van der Waals surface area (Å²) in [7, 11) is 1.68. The van der Waals surface area contributed by atoms with E-state index >= 15 is 0 Å². The maximum absolute atomic E-state index is 12.8. The molecule has 0 aliphatic carbocycles. The molecule has 8 nitrogen and oxygen atoms in total. The standard InChI is InChI=1S/C59H114NO7P/c1-6-8-10-12-14-16-18-20-22-24-26-28-29-30-31-32-34-36-38-40-42-44-46-48-50-52-59(61)67-58(57-66-68(62,63)65-55-53-60(3,4)5)56-64-54-51-49-47-45-43-41-39-37-35-33-27-25-23-21-19-17-15-13-11-9-7-2/h18,20,24,26,29-30,58H,6-17,19,21-23,25,27-28,31-57H2,1-5H3/p+1/b20-18-,26-24-,30-29-. The highest BCUT2D eigenvalue weighted by molar-refractivity contribution is 7.47. The molecule has 0 heterocycles. The Morgan fingerprint density at radius 1 is 0.456 bits per heavy atom. The number of hydrogen-bond acceptors (Lipinski definition) is 6. The fraction of sp³-hybridized carbons (Fsp3) is 0.881. The zero-order valence-electron chi connectivity index (χ0n) is 45.9. The van der Waals surface area contributed by atoms with Gasteiger partial charge in [0.25, 0.3) is 0 Å². The predicted octanol–water partition coefficient (Wildman–Crippen LogP) is 18.5. The monoisotopic (exact) mass is 981 g/mol. The molecule has 0 fully saturated rings. The third kappa shape index (κ3) is 55.6. The van der Waals surface area contributed by atoms with Crippen LogP contribution >= 0.6 is 7.82 Å². The number of carbonyl (C=O) groups excluding carboxylic acids is 1. The first kappa shape index (κ1) is 66.7. The highest BCUT2D eigenvalue weighted by Gasteiger charge is 2.26. The summed E-state index contributed by atoms with van der Waals surface area (Å²) in [6, 6.07) is 0. The van der Waals surface area contributed by atoms with Crippen LogP contribution in [0.4, 0.5) is 0 Å². The lowest BCUT2D eigenvalue weighted by Crippen LogP contribution is -2.37. The Kier molecular flexibility index (Phi) is 51.1. The molecule has 0 aliphatic rings. The van der Waals surface area contributed by atoms with Gasteiger partial charge in [-0.25, -0.2) is 4.57 Å². The first-order chi connectivity index (χ1) is 33.1. The van der Waals surface area contributed by atoms with Gasteiger partial charge in [0.05, 0.1) is 34.4 Å². The van der Waals surface area contributed by atoms with Crippen molar-refractivity contribution in [2.24, 2.45) is 0 Å². The van der Waals surface area contributed by atoms with Gasteiger partial charge in [0.2, 0.25) is 0 Å². The van der Waals surface area contributed by atoms with Gasteiger partial charge in [0.15, 0.2) is 0 Å². The maximum atomic E-state index is 12.8. The van der Waals surface area contributed by atoms with Crippen LogP contribution in [0.1, 0.15) is 277 Å². The summed E-state index contributed by atoms with van der Waals surface area (Å²) >= 11 is 0. The molecule has 0 aromatic carbocycles. The fourth-order valence-electron chi connectivity index (χ4n) is 8.45. The highest BCUT2D eigenvalue weighted by atomic mass is 31.2. The second kappa shape index (κ2) is 52.1. The Morgan fingerprint density at radius 2 is 0.809 bits per heavy atom. The van der Waals surface area contributed by atoms with Crippen molar-refractivity contribution in [2.45, 2.75) is 283 Å². The molecule has 0 saturated carbocycles. The summed E-state index contributed by atoms with van der Waals surface area (Å²) in [4.78, 5) is 23.1. The lowest BCUT2D eigenvalue weighted by molar-refractivity contribution is -0.870. The molecule has 0 saturated heterocycles. The fourth-order valence-corrected chi connectivity index (χ4v) is 9.19. The molecule has 0 rings (SSSR count). The quantitative estimate of drug-likeness (QED) is 0.0213. The first-order valence-electron chi connectivity index (χ1n) is 29.2. The zero-order chi connectivity index (χ0) is 49.8. The maximum Gasteiger partial charge on any atom is 0.472 e. The van der Waals surface area contributed by atoms with E-state index in [1.807, 2.05) is 21.1 Å². The van der Waals surface area contributed by atoms with Gasteiger partial charge >= 0.3 is 13.8 Å². The van der Waals surface area contributed by atoms with Crippen LogP contribution < -0.4 is 0 Å². The second-order valence-corrected chi connectivity index (χ2v) is 22.5. The minimum Gasteiger partial charge on any atom is -0.457 e. The molecule has 2 unspecified atom stereocenters. The van der Waals surface area contributed by atoms with E-state index in [-0.39, 0.29) is 25.8 Å². The molecule has 0 bridgehead atoms. The van der Waals surface area contributed by atoms with Crippen molar-refractivity contribution in [1.29, 1.82) is 0 Å². The van der Waals surface area contributed by atoms with Crippen LogP contribution in [0.5, 0.6) is 0 Å². The number of carbonyl (C=O) groups is 1. The van der Waals surface area contributed by atoms with Crippen molar-refractivity contribution in [3.8, 4) is 0 Å². The van der Waals surface area contributed by atoms with Crippen LogP contribution in [0.25, 0.3) is 0 Å². The molecule has 0 aliphatic heterocycles. The number of phosphoric acid groups is 1. The summed E-state index contributed by atoms with van der Waals surface area (Å²) in [6.07, 6.45) is 64.9. The SMILES string of the molecule is CCCCCCC/C=C\C/C=C\C/C=C\CCCCCCCCCCCCC(=O)OC(COCCCCCCCCCCCCCCCCCCCCCCC)COP(=O)(O)OCC[N+](C)(C)C. The van der Waals surface area contributed by atoms with Crippen LogP contribution in [0, 0.1) is 0 Å². The summed E-state index contributed by atoms with van der Waals surface area (Å²) in [5, 5.41) is 0. The van der Waals surface area contributed by atoms with Crippen LogP contribution in [0.3, 0.4) is 0 Å². The topological polar surface area (TPSA) is 91.3 Å². The molecule has 0 aromatic rings. The number of allylic oxidation sites excluding steroid dienone is 6. The van der Waals surface area contributed by atoms with E-state index in [1.54, 1.807) is 0 Å². The molecule has 68 heavy (non-hydrogen) atoms. The Labute approximate surface area is 423 Å². The van der Waals surface area contributed by atoms with E-state index in [0.717, 1.165) is 44.9 Å². The van der Waals surface area contributed by atoms with E-state index in [0.29, 0.717) is 24.1 Å². The molecule has 9 heteroatoms.